The third kappa shape index (κ3) is 10.5. The zero-order chi connectivity index (χ0) is 31.8. The molecule has 3 aromatic carbocycles. The zero-order valence-electron chi connectivity index (χ0n) is 26.0. The highest BCUT2D eigenvalue weighted by atomic mass is 16.6. The SMILES string of the molecule is C=CC.CC.CC(C)(C)OC(=O)NNC(=O)N(CCNC(=O)OCC1c2ccccc2-c2ccccc21)c1ccccc1. The highest BCUT2D eigenvalue weighted by Crippen LogP contribution is 2.44. The second-order valence-electron chi connectivity index (χ2n) is 10.2. The maximum atomic E-state index is 12.8. The molecule has 0 heterocycles. The summed E-state index contributed by atoms with van der Waals surface area (Å²) in [4.78, 5) is 38.7. The minimum absolute atomic E-state index is 0.0429. The molecule has 0 unspecified atom stereocenters. The van der Waals surface area contributed by atoms with Crippen LogP contribution in [0.4, 0.5) is 20.1 Å². The Morgan fingerprint density at radius 3 is 1.88 bits per heavy atom. The fraction of sp³-hybridized carbons (Fsp3) is 0.324. The van der Waals surface area contributed by atoms with Crippen LogP contribution in [0.3, 0.4) is 0 Å². The Morgan fingerprint density at radius 2 is 1.35 bits per heavy atom. The second kappa shape index (κ2) is 17.2. The number of hydrogen-bond acceptors (Lipinski definition) is 5. The van der Waals surface area contributed by atoms with Gasteiger partial charge in [-0.15, -0.1) is 6.58 Å². The van der Waals surface area contributed by atoms with Crippen molar-refractivity contribution in [1.29, 1.82) is 0 Å². The van der Waals surface area contributed by atoms with Gasteiger partial charge in [-0.1, -0.05) is 86.7 Å². The first-order valence-corrected chi connectivity index (χ1v) is 14.4. The maximum absolute atomic E-state index is 12.8. The largest absolute Gasteiger partial charge is 0.449 e. The van der Waals surface area contributed by atoms with Crippen LogP contribution in [-0.2, 0) is 9.47 Å². The molecule has 230 valence electrons. The summed E-state index contributed by atoms with van der Waals surface area (Å²) in [6, 6.07) is 24.6. The lowest BCUT2D eigenvalue weighted by Gasteiger charge is -2.24. The predicted octanol–water partition coefficient (Wildman–Crippen LogP) is 7.40. The van der Waals surface area contributed by atoms with Gasteiger partial charge in [0.1, 0.15) is 12.2 Å². The lowest BCUT2D eigenvalue weighted by Crippen LogP contribution is -2.51. The monoisotopic (exact) mass is 588 g/mol. The number of allylic oxidation sites excluding steroid dienone is 1. The van der Waals surface area contributed by atoms with Crippen LogP contribution >= 0.6 is 0 Å². The molecule has 1 aliphatic rings. The quantitative estimate of drug-likeness (QED) is 0.205. The lowest BCUT2D eigenvalue weighted by atomic mass is 9.98. The first-order chi connectivity index (χ1) is 20.6. The van der Waals surface area contributed by atoms with E-state index in [2.05, 4.69) is 47.0 Å². The van der Waals surface area contributed by atoms with Gasteiger partial charge in [-0.3, -0.25) is 4.90 Å². The maximum Gasteiger partial charge on any atom is 0.426 e. The van der Waals surface area contributed by atoms with Gasteiger partial charge in [0.25, 0.3) is 0 Å². The van der Waals surface area contributed by atoms with E-state index in [0.717, 1.165) is 22.3 Å². The lowest BCUT2D eigenvalue weighted by molar-refractivity contribution is 0.0505. The molecule has 3 aromatic rings. The standard InChI is InChI=1S/C29H32N4O5.C3H6.C2H6/c1-29(2,3)38-28(36)32-31-26(34)33(20-11-5-4-6-12-20)18-17-30-27(35)37-19-25-23-15-9-7-13-21(23)22-14-8-10-16-24(22)25;1-3-2;1-2/h4-16,25H,17-19H2,1-3H3,(H,30,35)(H,31,34)(H,32,36);3H,1H2,2H3;1-2H3. The number of anilines is 1. The first kappa shape index (κ1) is 34.4. The minimum Gasteiger partial charge on any atom is -0.449 e. The van der Waals surface area contributed by atoms with Gasteiger partial charge in [0.05, 0.1) is 0 Å². The van der Waals surface area contributed by atoms with E-state index in [9.17, 15) is 14.4 Å². The summed E-state index contributed by atoms with van der Waals surface area (Å²) in [6.45, 7) is 14.9. The fourth-order valence-corrected chi connectivity index (χ4v) is 4.35. The van der Waals surface area contributed by atoms with Crippen molar-refractivity contribution in [2.24, 2.45) is 0 Å². The van der Waals surface area contributed by atoms with Crippen molar-refractivity contribution >= 4 is 23.9 Å². The normalized spacial score (nSPS) is 11.1. The molecule has 43 heavy (non-hydrogen) atoms. The predicted molar refractivity (Wildman–Crippen MR) is 172 cm³/mol. The summed E-state index contributed by atoms with van der Waals surface area (Å²) >= 11 is 0. The van der Waals surface area contributed by atoms with Gasteiger partial charge < -0.3 is 14.8 Å². The highest BCUT2D eigenvalue weighted by Gasteiger charge is 2.29. The average Bonchev–Trinajstić information content (AvgIpc) is 3.31. The summed E-state index contributed by atoms with van der Waals surface area (Å²) in [6.07, 6.45) is 0.391. The van der Waals surface area contributed by atoms with Crippen LogP contribution in [0.2, 0.25) is 0 Å². The van der Waals surface area contributed by atoms with Crippen LogP contribution in [0.1, 0.15) is 58.6 Å². The van der Waals surface area contributed by atoms with Crippen LogP contribution in [0, 0.1) is 0 Å². The number of ether oxygens (including phenoxy) is 2. The Morgan fingerprint density at radius 1 is 0.837 bits per heavy atom. The van der Waals surface area contributed by atoms with Gasteiger partial charge in [-0.25, -0.2) is 25.2 Å². The highest BCUT2D eigenvalue weighted by molar-refractivity contribution is 5.92. The van der Waals surface area contributed by atoms with Crippen molar-refractivity contribution in [3.05, 3.63) is 103 Å². The number of nitrogens with zero attached hydrogens (tertiary/aromatic N) is 1. The van der Waals surface area contributed by atoms with Crippen molar-refractivity contribution in [2.45, 2.75) is 53.1 Å². The number of rotatable bonds is 6. The number of para-hydroxylation sites is 1. The van der Waals surface area contributed by atoms with E-state index in [0.29, 0.717) is 5.69 Å². The number of fused-ring (bicyclic) bond motifs is 3. The molecule has 4 rings (SSSR count). The third-order valence-electron chi connectivity index (χ3n) is 5.93. The number of amides is 4. The Labute approximate surface area is 255 Å². The van der Waals surface area contributed by atoms with Crippen LogP contribution in [-0.4, -0.2) is 43.5 Å². The number of hydrazine groups is 1. The van der Waals surface area contributed by atoms with Crippen molar-refractivity contribution in [2.75, 3.05) is 24.6 Å². The number of hydrogen-bond donors (Lipinski definition) is 3. The summed E-state index contributed by atoms with van der Waals surface area (Å²) < 4.78 is 10.7. The number of carbonyl (C=O) groups excluding carboxylic acids is 3. The van der Waals surface area contributed by atoms with Crippen molar-refractivity contribution in [3.63, 3.8) is 0 Å². The summed E-state index contributed by atoms with van der Waals surface area (Å²) in [7, 11) is 0. The van der Waals surface area contributed by atoms with Gasteiger partial charge in [0.2, 0.25) is 0 Å². The van der Waals surface area contributed by atoms with E-state index in [1.807, 2.05) is 51.1 Å². The molecule has 0 saturated carbocycles. The average molecular weight is 589 g/mol. The fourth-order valence-electron chi connectivity index (χ4n) is 4.35. The Bertz CT molecular complexity index is 1290. The van der Waals surface area contributed by atoms with Crippen molar-refractivity contribution in [1.82, 2.24) is 16.2 Å². The molecular weight excluding hydrogens is 544 g/mol. The van der Waals surface area contributed by atoms with Crippen LogP contribution in [0.15, 0.2) is 91.5 Å². The van der Waals surface area contributed by atoms with Crippen molar-refractivity contribution < 1.29 is 23.9 Å². The number of urea groups is 1. The number of alkyl carbamates (subject to hydrolysis) is 1. The molecule has 9 heteroatoms. The van der Waals surface area contributed by atoms with Gasteiger partial charge in [-0.2, -0.15) is 0 Å². The topological polar surface area (TPSA) is 109 Å². The molecule has 0 aromatic heterocycles. The summed E-state index contributed by atoms with van der Waals surface area (Å²) in [5, 5.41) is 2.71. The van der Waals surface area contributed by atoms with E-state index in [1.54, 1.807) is 51.1 Å². The van der Waals surface area contributed by atoms with Crippen LogP contribution in [0.25, 0.3) is 11.1 Å². The molecule has 9 nitrogen and oxygen atoms in total. The second-order valence-corrected chi connectivity index (χ2v) is 10.2. The van der Waals surface area contributed by atoms with E-state index in [4.69, 9.17) is 9.47 Å². The molecule has 0 spiro atoms. The van der Waals surface area contributed by atoms with E-state index in [-0.39, 0.29) is 25.6 Å². The molecule has 1 aliphatic carbocycles. The van der Waals surface area contributed by atoms with E-state index in [1.165, 1.54) is 4.90 Å². The van der Waals surface area contributed by atoms with Crippen LogP contribution < -0.4 is 21.1 Å². The van der Waals surface area contributed by atoms with E-state index < -0.39 is 23.8 Å². The smallest absolute Gasteiger partial charge is 0.426 e. The van der Waals surface area contributed by atoms with Crippen LogP contribution in [0.5, 0.6) is 0 Å². The van der Waals surface area contributed by atoms with Gasteiger partial charge in [0.15, 0.2) is 0 Å². The van der Waals surface area contributed by atoms with E-state index >= 15 is 0 Å². The number of carbonyl (C=O) groups is 3. The first-order valence-electron chi connectivity index (χ1n) is 14.4. The third-order valence-corrected chi connectivity index (χ3v) is 5.93. The molecule has 0 atom stereocenters. The number of nitrogens with one attached hydrogen (secondary N) is 3. The molecule has 0 radical (unpaired) electrons. The molecule has 0 fully saturated rings. The Balaban J connectivity index is 0.00000121. The molecular formula is C34H44N4O5. The molecule has 0 saturated heterocycles. The number of benzene rings is 3. The van der Waals surface area contributed by atoms with Gasteiger partial charge in [0, 0.05) is 24.7 Å². The van der Waals surface area contributed by atoms with Gasteiger partial charge in [-0.05, 0) is 62.1 Å². The molecule has 0 bridgehead atoms. The minimum atomic E-state index is -0.782. The summed E-state index contributed by atoms with van der Waals surface area (Å²) in [5.74, 6) is -0.0429. The molecule has 4 amide bonds. The Hall–Kier alpha value is -4.79. The molecule has 0 aliphatic heterocycles. The van der Waals surface area contributed by atoms with Crippen molar-refractivity contribution in [3.8, 4) is 11.1 Å². The van der Waals surface area contributed by atoms with Gasteiger partial charge >= 0.3 is 18.2 Å². The zero-order valence-corrected chi connectivity index (χ0v) is 26.0. The summed E-state index contributed by atoms with van der Waals surface area (Å²) in [5.41, 5.74) is 9.03. The Kier molecular flexibility index (Phi) is 13.8. The molecule has 3 N–H and O–H groups in total.